The van der Waals surface area contributed by atoms with Gasteiger partial charge >= 0.3 is 0 Å². The van der Waals surface area contributed by atoms with Crippen LogP contribution in [-0.4, -0.2) is 0 Å². The second-order valence-corrected chi connectivity index (χ2v) is 20.5. The molecule has 2 aromatic heterocycles. The van der Waals surface area contributed by atoms with E-state index in [4.69, 9.17) is 0 Å². The van der Waals surface area contributed by atoms with E-state index in [9.17, 15) is 0 Å². The molecule has 0 aliphatic rings. The van der Waals surface area contributed by atoms with Crippen LogP contribution in [0.15, 0.2) is 225 Å². The molecule has 0 N–H and O–H groups in total. The van der Waals surface area contributed by atoms with E-state index >= 15 is 0 Å². The highest BCUT2D eigenvalue weighted by atomic mass is 32.1. The average molecular weight is 911 g/mol. The minimum absolute atomic E-state index is 1.22. The molecular weight excluding hydrogens is 869 g/mol. The molecule has 14 rings (SSSR count). The summed E-state index contributed by atoms with van der Waals surface area (Å²) in [6.45, 7) is 6.17. The molecule has 0 fully saturated rings. The van der Waals surface area contributed by atoms with Gasteiger partial charge in [-0.1, -0.05) is 189 Å². The second kappa shape index (κ2) is 15.7. The lowest BCUT2D eigenvalue weighted by molar-refractivity contribution is 1.52. The van der Waals surface area contributed by atoms with Crippen molar-refractivity contribution in [3.05, 3.63) is 236 Å². The van der Waals surface area contributed by atoms with E-state index in [0.717, 1.165) is 0 Å². The van der Waals surface area contributed by atoms with E-state index < -0.39 is 0 Å². The van der Waals surface area contributed by atoms with Crippen molar-refractivity contribution in [1.29, 1.82) is 0 Å². The van der Waals surface area contributed by atoms with Crippen LogP contribution >= 0.6 is 22.7 Å². The SMILES string of the molecule is C=C/C=C\c1c(C)c2ccc(-c3cccc4c3sc3ccc(-c5ccc6c7ccccc7c7cc(-c8cccc(-c9cccc%10c9sc9ccccc9%10)c8)ccc7c6c5)cc34)cc2c2ccccc12. The Bertz CT molecular complexity index is 4520. The number of fused-ring (bicyclic) bond motifs is 15. The number of hydrogen-bond donors (Lipinski definition) is 0. The molecule has 0 bridgehead atoms. The zero-order valence-corrected chi connectivity index (χ0v) is 39.5. The molecule has 2 heteroatoms. The predicted octanol–water partition coefficient (Wildman–Crippen LogP) is 20.4. The van der Waals surface area contributed by atoms with E-state index in [0.29, 0.717) is 0 Å². The van der Waals surface area contributed by atoms with Crippen LogP contribution in [0.1, 0.15) is 11.1 Å². The van der Waals surface area contributed by atoms with Crippen molar-refractivity contribution in [3.63, 3.8) is 0 Å². The molecule has 0 unspecified atom stereocenters. The highest BCUT2D eigenvalue weighted by Crippen LogP contribution is 2.46. The van der Waals surface area contributed by atoms with Crippen LogP contribution in [0.5, 0.6) is 0 Å². The Labute approximate surface area is 408 Å². The van der Waals surface area contributed by atoms with Gasteiger partial charge in [0.15, 0.2) is 0 Å². The van der Waals surface area contributed by atoms with Crippen LogP contribution in [-0.2, 0) is 0 Å². The highest BCUT2D eigenvalue weighted by Gasteiger charge is 2.17. The lowest BCUT2D eigenvalue weighted by atomic mass is 9.89. The third-order valence-electron chi connectivity index (χ3n) is 14.6. The summed E-state index contributed by atoms with van der Waals surface area (Å²) in [4.78, 5) is 0. The summed E-state index contributed by atoms with van der Waals surface area (Å²) in [6, 6.07) is 77.5. The van der Waals surface area contributed by atoms with E-state index in [1.165, 1.54) is 150 Å². The summed E-state index contributed by atoms with van der Waals surface area (Å²) in [6.07, 6.45) is 6.08. The first kappa shape index (κ1) is 40.0. The van der Waals surface area contributed by atoms with Gasteiger partial charge in [0.2, 0.25) is 0 Å². The zero-order valence-electron chi connectivity index (χ0n) is 37.9. The fourth-order valence-corrected chi connectivity index (χ4v) is 13.8. The highest BCUT2D eigenvalue weighted by molar-refractivity contribution is 7.26. The van der Waals surface area contributed by atoms with E-state index in [2.05, 4.69) is 226 Å². The molecule has 12 aromatic carbocycles. The molecular formula is C67H42S2. The van der Waals surface area contributed by atoms with Gasteiger partial charge in [0.25, 0.3) is 0 Å². The summed E-state index contributed by atoms with van der Waals surface area (Å²) in [5.74, 6) is 0. The van der Waals surface area contributed by atoms with Crippen LogP contribution in [0, 0.1) is 6.92 Å². The third-order valence-corrected chi connectivity index (χ3v) is 17.1. The number of hydrogen-bond acceptors (Lipinski definition) is 2. The molecule has 0 aliphatic heterocycles. The lowest BCUT2D eigenvalue weighted by Gasteiger charge is -2.14. The molecule has 0 saturated heterocycles. The topological polar surface area (TPSA) is 0 Å². The Morgan fingerprint density at radius 3 is 1.43 bits per heavy atom. The Hall–Kier alpha value is -8.14. The smallest absolute Gasteiger partial charge is 0.0433 e. The standard InChI is InChI=1S/C67H42S2/c1-3-4-16-47-40(2)48-31-29-46(39-60(48)53-19-7-5-17-51(47)53)50-23-13-25-59-63-38-44(30-34-65(63)69-67(50)59)43-27-32-55-52-18-6-8-20-54(52)61-36-42(28-33-56(61)62(55)37-43)41-14-11-15-45(35-41)49-22-12-24-58-57-21-9-10-26-64(57)68-66(49)58/h3-39H,1H2,2H3/b16-4-. The third kappa shape index (κ3) is 6.26. The Kier molecular flexibility index (Phi) is 9.11. The number of thiophene rings is 2. The molecule has 322 valence electrons. The fourth-order valence-electron chi connectivity index (χ4n) is 11.3. The fraction of sp³-hybridized carbons (Fsp3) is 0.0149. The molecule has 2 heterocycles. The van der Waals surface area contributed by atoms with Gasteiger partial charge in [-0.3, -0.25) is 0 Å². The first-order chi connectivity index (χ1) is 34.1. The molecule has 0 saturated carbocycles. The van der Waals surface area contributed by atoms with Crippen LogP contribution < -0.4 is 0 Å². The van der Waals surface area contributed by atoms with Crippen molar-refractivity contribution in [1.82, 2.24) is 0 Å². The summed E-state index contributed by atoms with van der Waals surface area (Å²) >= 11 is 3.79. The minimum Gasteiger partial charge on any atom is -0.135 e. The molecule has 0 spiro atoms. The van der Waals surface area contributed by atoms with Crippen molar-refractivity contribution < 1.29 is 0 Å². The second-order valence-electron chi connectivity index (χ2n) is 18.4. The molecule has 0 atom stereocenters. The van der Waals surface area contributed by atoms with Crippen LogP contribution in [0.4, 0.5) is 0 Å². The maximum Gasteiger partial charge on any atom is 0.0433 e. The maximum absolute atomic E-state index is 3.93. The quantitative estimate of drug-likeness (QED) is 0.115. The van der Waals surface area contributed by atoms with Crippen molar-refractivity contribution in [2.45, 2.75) is 6.92 Å². The summed E-state index contributed by atoms with van der Waals surface area (Å²) in [5, 5.41) is 18.0. The van der Waals surface area contributed by atoms with Gasteiger partial charge in [0.1, 0.15) is 0 Å². The van der Waals surface area contributed by atoms with Crippen LogP contribution in [0.25, 0.3) is 145 Å². The van der Waals surface area contributed by atoms with Crippen molar-refractivity contribution in [3.8, 4) is 44.5 Å². The summed E-state index contributed by atoms with van der Waals surface area (Å²) in [7, 11) is 0. The van der Waals surface area contributed by atoms with Crippen molar-refractivity contribution >= 4 is 123 Å². The molecule has 0 aliphatic carbocycles. The van der Waals surface area contributed by atoms with E-state index in [1.807, 2.05) is 34.8 Å². The van der Waals surface area contributed by atoms with Crippen molar-refractivity contribution in [2.24, 2.45) is 0 Å². The molecule has 0 radical (unpaired) electrons. The van der Waals surface area contributed by atoms with Gasteiger partial charge in [-0.05, 0) is 159 Å². The van der Waals surface area contributed by atoms with E-state index in [1.54, 1.807) is 0 Å². The van der Waals surface area contributed by atoms with Gasteiger partial charge in [-0.25, -0.2) is 0 Å². The maximum atomic E-state index is 3.93. The van der Waals surface area contributed by atoms with Crippen LogP contribution in [0.3, 0.4) is 0 Å². The number of allylic oxidation sites excluding steroid dienone is 2. The van der Waals surface area contributed by atoms with Crippen molar-refractivity contribution in [2.75, 3.05) is 0 Å². The average Bonchev–Trinajstić information content (AvgIpc) is 3.99. The molecule has 69 heavy (non-hydrogen) atoms. The van der Waals surface area contributed by atoms with Gasteiger partial charge in [0.05, 0.1) is 0 Å². The molecule has 0 nitrogen and oxygen atoms in total. The summed E-state index contributed by atoms with van der Waals surface area (Å²) < 4.78 is 5.30. The molecule has 0 amide bonds. The van der Waals surface area contributed by atoms with Gasteiger partial charge in [-0.15, -0.1) is 22.7 Å². The van der Waals surface area contributed by atoms with Crippen LogP contribution in [0.2, 0.25) is 0 Å². The zero-order chi connectivity index (χ0) is 45.7. The first-order valence-electron chi connectivity index (χ1n) is 23.7. The Morgan fingerprint density at radius 2 is 0.739 bits per heavy atom. The Balaban J connectivity index is 0.871. The number of aryl methyl sites for hydroxylation is 1. The largest absolute Gasteiger partial charge is 0.135 e. The van der Waals surface area contributed by atoms with Gasteiger partial charge in [-0.2, -0.15) is 0 Å². The first-order valence-corrected chi connectivity index (χ1v) is 25.3. The monoisotopic (exact) mass is 910 g/mol. The van der Waals surface area contributed by atoms with Gasteiger partial charge in [0, 0.05) is 40.3 Å². The lowest BCUT2D eigenvalue weighted by Crippen LogP contribution is -1.90. The normalized spacial score (nSPS) is 12.1. The number of rotatable bonds is 6. The summed E-state index contributed by atoms with van der Waals surface area (Å²) in [5.41, 5.74) is 12.5. The van der Waals surface area contributed by atoms with E-state index in [-0.39, 0.29) is 0 Å². The predicted molar refractivity (Wildman–Crippen MR) is 305 cm³/mol. The Morgan fingerprint density at radius 1 is 0.319 bits per heavy atom. The minimum atomic E-state index is 1.22. The number of benzene rings is 12. The molecule has 14 aromatic rings. The van der Waals surface area contributed by atoms with Gasteiger partial charge < -0.3 is 0 Å².